The Balaban J connectivity index is 2.07. The molecule has 23 heavy (non-hydrogen) atoms. The van der Waals surface area contributed by atoms with Gasteiger partial charge in [-0.3, -0.25) is 4.90 Å². The molecule has 0 radical (unpaired) electrons. The van der Waals surface area contributed by atoms with Gasteiger partial charge < -0.3 is 9.15 Å². The van der Waals surface area contributed by atoms with Crippen LogP contribution in [0.3, 0.4) is 0 Å². The molecule has 2 heterocycles. The summed E-state index contributed by atoms with van der Waals surface area (Å²) in [6, 6.07) is 3.82. The summed E-state index contributed by atoms with van der Waals surface area (Å²) in [5.74, 6) is 0. The van der Waals surface area contributed by atoms with Crippen molar-refractivity contribution in [1.29, 1.82) is 0 Å². The van der Waals surface area contributed by atoms with E-state index in [-0.39, 0.29) is 17.8 Å². The van der Waals surface area contributed by atoms with Gasteiger partial charge in [-0.2, -0.15) is 0 Å². The minimum Gasteiger partial charge on any atom is -0.422 e. The van der Waals surface area contributed by atoms with Gasteiger partial charge in [0.2, 0.25) is 0 Å². The van der Waals surface area contributed by atoms with Gasteiger partial charge in [0.15, 0.2) is 0 Å². The van der Waals surface area contributed by atoms with Crippen LogP contribution >= 0.6 is 0 Å². The average molecular weight is 315 g/mol. The molecule has 1 saturated heterocycles. The van der Waals surface area contributed by atoms with E-state index in [1.165, 1.54) is 0 Å². The van der Waals surface area contributed by atoms with E-state index < -0.39 is 0 Å². The smallest absolute Gasteiger partial charge is 0.336 e. The number of aryl methyl sites for hydroxylation is 3. The summed E-state index contributed by atoms with van der Waals surface area (Å²) in [6.45, 7) is 12.9. The molecule has 1 aromatic heterocycles. The third-order valence-corrected chi connectivity index (χ3v) is 4.69. The molecule has 0 aliphatic carbocycles. The molecule has 4 nitrogen and oxygen atoms in total. The van der Waals surface area contributed by atoms with Gasteiger partial charge >= 0.3 is 5.63 Å². The second-order valence-corrected chi connectivity index (χ2v) is 6.88. The number of hydrogen-bond acceptors (Lipinski definition) is 4. The Morgan fingerprint density at radius 3 is 2.39 bits per heavy atom. The summed E-state index contributed by atoms with van der Waals surface area (Å²) < 4.78 is 11.3. The first-order valence-corrected chi connectivity index (χ1v) is 8.26. The lowest BCUT2D eigenvalue weighted by Gasteiger charge is -2.35. The summed E-state index contributed by atoms with van der Waals surface area (Å²) in [5, 5.41) is 1.08. The van der Waals surface area contributed by atoms with Crippen LogP contribution in [0, 0.1) is 20.8 Å². The fourth-order valence-electron chi connectivity index (χ4n) is 3.70. The fourth-order valence-corrected chi connectivity index (χ4v) is 3.70. The average Bonchev–Trinajstić information content (AvgIpc) is 2.43. The third kappa shape index (κ3) is 3.19. The van der Waals surface area contributed by atoms with Crippen LogP contribution in [-0.2, 0) is 11.3 Å². The highest BCUT2D eigenvalue weighted by molar-refractivity contribution is 5.87. The van der Waals surface area contributed by atoms with Gasteiger partial charge in [-0.05, 0) is 56.9 Å². The number of benzene rings is 1. The summed E-state index contributed by atoms with van der Waals surface area (Å²) in [4.78, 5) is 14.4. The number of fused-ring (bicyclic) bond motifs is 1. The highest BCUT2D eigenvalue weighted by atomic mass is 16.5. The van der Waals surface area contributed by atoms with Crippen molar-refractivity contribution < 1.29 is 9.15 Å². The lowest BCUT2D eigenvalue weighted by Crippen LogP contribution is -2.44. The molecule has 0 saturated carbocycles. The van der Waals surface area contributed by atoms with E-state index in [0.717, 1.165) is 52.9 Å². The number of hydrogen-bond donors (Lipinski definition) is 0. The third-order valence-electron chi connectivity index (χ3n) is 4.69. The van der Waals surface area contributed by atoms with Crippen molar-refractivity contribution in [2.45, 2.75) is 53.4 Å². The van der Waals surface area contributed by atoms with Crippen LogP contribution in [0.15, 0.2) is 21.3 Å². The van der Waals surface area contributed by atoms with Crippen molar-refractivity contribution in [3.05, 3.63) is 44.8 Å². The van der Waals surface area contributed by atoms with Crippen LogP contribution in [0.1, 0.15) is 36.1 Å². The molecule has 1 aliphatic heterocycles. The van der Waals surface area contributed by atoms with Crippen LogP contribution in [0.5, 0.6) is 0 Å². The molecule has 0 N–H and O–H groups in total. The Labute approximate surface area is 137 Å². The first-order valence-electron chi connectivity index (χ1n) is 8.26. The van der Waals surface area contributed by atoms with Crippen molar-refractivity contribution >= 4 is 11.0 Å². The van der Waals surface area contributed by atoms with Crippen molar-refractivity contribution in [1.82, 2.24) is 4.90 Å². The quantitative estimate of drug-likeness (QED) is 0.797. The Bertz CT molecular complexity index is 783. The van der Waals surface area contributed by atoms with Crippen LogP contribution in [0.2, 0.25) is 0 Å². The maximum atomic E-state index is 12.0. The molecule has 0 amide bonds. The minimum absolute atomic E-state index is 0.218. The summed E-state index contributed by atoms with van der Waals surface area (Å²) >= 11 is 0. The van der Waals surface area contributed by atoms with E-state index in [0.29, 0.717) is 0 Å². The van der Waals surface area contributed by atoms with Crippen molar-refractivity contribution in [2.24, 2.45) is 0 Å². The van der Waals surface area contributed by atoms with Crippen molar-refractivity contribution in [3.8, 4) is 0 Å². The maximum absolute atomic E-state index is 12.0. The zero-order valence-electron chi connectivity index (χ0n) is 14.6. The minimum atomic E-state index is -0.269. The van der Waals surface area contributed by atoms with Crippen LogP contribution in [0.25, 0.3) is 11.0 Å². The normalized spacial score (nSPS) is 22.7. The predicted octanol–water partition coefficient (Wildman–Crippen LogP) is 3.33. The standard InChI is InChI=1S/C19H25NO3/c1-11-6-12(2)18-16(7-17(21)23-19(18)15(11)5)10-20-8-13(3)22-14(4)9-20/h6-7,13-14H,8-10H2,1-5H3/t13-,14+. The van der Waals surface area contributed by atoms with Crippen LogP contribution in [0.4, 0.5) is 0 Å². The van der Waals surface area contributed by atoms with E-state index >= 15 is 0 Å². The zero-order valence-corrected chi connectivity index (χ0v) is 14.6. The predicted molar refractivity (Wildman–Crippen MR) is 92.0 cm³/mol. The topological polar surface area (TPSA) is 42.7 Å². The molecule has 4 heteroatoms. The van der Waals surface area contributed by atoms with Gasteiger partial charge in [0.25, 0.3) is 0 Å². The molecule has 0 unspecified atom stereocenters. The molecule has 0 bridgehead atoms. The van der Waals surface area contributed by atoms with Crippen molar-refractivity contribution in [3.63, 3.8) is 0 Å². The van der Waals surface area contributed by atoms with E-state index in [2.05, 4.69) is 38.7 Å². The Morgan fingerprint density at radius 1 is 1.09 bits per heavy atom. The van der Waals surface area contributed by atoms with Crippen molar-refractivity contribution in [2.75, 3.05) is 13.1 Å². The molecule has 2 atom stereocenters. The number of morpholine rings is 1. The van der Waals surface area contributed by atoms with E-state index in [9.17, 15) is 4.79 Å². The lowest BCUT2D eigenvalue weighted by atomic mass is 9.97. The first-order chi connectivity index (χ1) is 10.8. The Hall–Kier alpha value is -1.65. The molecule has 0 spiro atoms. The number of ether oxygens (including phenoxy) is 1. The van der Waals surface area contributed by atoms with Crippen LogP contribution in [-0.4, -0.2) is 30.2 Å². The molecule has 2 aromatic rings. The highest BCUT2D eigenvalue weighted by Gasteiger charge is 2.23. The molecule has 3 rings (SSSR count). The van der Waals surface area contributed by atoms with Crippen LogP contribution < -0.4 is 5.63 Å². The summed E-state index contributed by atoms with van der Waals surface area (Å²) in [5.41, 5.74) is 4.89. The SMILES string of the molecule is Cc1cc(C)c2c(CN3C[C@@H](C)O[C@@H](C)C3)cc(=O)oc2c1C. The van der Waals surface area contributed by atoms with E-state index in [4.69, 9.17) is 9.15 Å². The maximum Gasteiger partial charge on any atom is 0.336 e. The zero-order chi connectivity index (χ0) is 16.7. The molecule has 1 aliphatic rings. The van der Waals surface area contributed by atoms with E-state index in [1.807, 2.05) is 6.92 Å². The summed E-state index contributed by atoms with van der Waals surface area (Å²) in [7, 11) is 0. The Kier molecular flexibility index (Phi) is 4.30. The second kappa shape index (κ2) is 6.10. The summed E-state index contributed by atoms with van der Waals surface area (Å²) in [6.07, 6.45) is 0.436. The fraction of sp³-hybridized carbons (Fsp3) is 0.526. The van der Waals surface area contributed by atoms with Gasteiger partial charge in [-0.15, -0.1) is 0 Å². The largest absolute Gasteiger partial charge is 0.422 e. The van der Waals surface area contributed by atoms with Gasteiger partial charge in [0.05, 0.1) is 12.2 Å². The number of nitrogens with zero attached hydrogens (tertiary/aromatic N) is 1. The van der Waals surface area contributed by atoms with Gasteiger partial charge in [-0.25, -0.2) is 4.79 Å². The monoisotopic (exact) mass is 315 g/mol. The van der Waals surface area contributed by atoms with Gasteiger partial charge in [0, 0.05) is 31.1 Å². The highest BCUT2D eigenvalue weighted by Crippen LogP contribution is 2.28. The lowest BCUT2D eigenvalue weighted by molar-refractivity contribution is -0.0704. The molecular weight excluding hydrogens is 290 g/mol. The molecule has 1 aromatic carbocycles. The second-order valence-electron chi connectivity index (χ2n) is 6.88. The first kappa shape index (κ1) is 16.2. The van der Waals surface area contributed by atoms with Gasteiger partial charge in [0.1, 0.15) is 5.58 Å². The Morgan fingerprint density at radius 2 is 1.74 bits per heavy atom. The van der Waals surface area contributed by atoms with Gasteiger partial charge in [-0.1, -0.05) is 6.07 Å². The molecule has 124 valence electrons. The van der Waals surface area contributed by atoms with E-state index in [1.54, 1.807) is 6.07 Å². The molecular formula is C19H25NO3. The molecule has 1 fully saturated rings. The number of rotatable bonds is 2.